The van der Waals surface area contributed by atoms with Crippen molar-refractivity contribution in [1.82, 2.24) is 4.98 Å². The van der Waals surface area contributed by atoms with Gasteiger partial charge in [0.25, 0.3) is 0 Å². The van der Waals surface area contributed by atoms with E-state index in [1.807, 2.05) is 47.4 Å². The average molecular weight is 669 g/mol. The van der Waals surface area contributed by atoms with Crippen molar-refractivity contribution in [2.24, 2.45) is 0 Å². The van der Waals surface area contributed by atoms with Crippen molar-refractivity contribution in [2.45, 2.75) is 19.3 Å². The van der Waals surface area contributed by atoms with Crippen molar-refractivity contribution in [3.05, 3.63) is 156 Å². The van der Waals surface area contributed by atoms with Gasteiger partial charge in [-0.05, 0) is 82.8 Å². The first-order valence-electron chi connectivity index (χ1n) is 21.3. The first kappa shape index (κ1) is 19.9. The van der Waals surface area contributed by atoms with Crippen LogP contribution in [0.4, 0.5) is 17.1 Å². The summed E-state index contributed by atoms with van der Waals surface area (Å²) in [7, 11) is 0. The number of aromatic nitrogens is 1. The third-order valence-corrected chi connectivity index (χ3v) is 11.3. The Bertz CT molecular complexity index is 3390. The van der Waals surface area contributed by atoms with Crippen molar-refractivity contribution in [3.63, 3.8) is 0 Å². The zero-order valence-electron chi connectivity index (χ0n) is 36.8. The molecule has 0 N–H and O–H groups in total. The molecule has 2 aliphatic carbocycles. The molecule has 0 unspecified atom stereocenters. The summed E-state index contributed by atoms with van der Waals surface area (Å²) < 4.78 is 97.4. The van der Waals surface area contributed by atoms with Gasteiger partial charge in [0.05, 0.1) is 19.4 Å². The largest absolute Gasteiger partial charge is 0.435 e. The van der Waals surface area contributed by atoms with Gasteiger partial charge in [-0.1, -0.05) is 98.6 Å². The van der Waals surface area contributed by atoms with E-state index in [-0.39, 0.29) is 80.1 Å². The number of fused-ring (bicyclic) bond motifs is 9. The highest BCUT2D eigenvalue weighted by atomic mass is 32.1. The molecule has 11 rings (SSSR count). The molecule has 0 saturated heterocycles. The Balaban J connectivity index is 1.22. The number of nitrogens with zero attached hydrogens (tertiary/aromatic N) is 2. The number of thiophene rings is 1. The molecule has 0 fully saturated rings. The summed E-state index contributed by atoms with van der Waals surface area (Å²) >= 11 is 1.67. The Morgan fingerprint density at radius 3 is 2.34 bits per heavy atom. The van der Waals surface area contributed by atoms with Crippen LogP contribution in [0, 0.1) is 0 Å². The smallest absolute Gasteiger partial charge is 0.227 e. The predicted molar refractivity (Wildman–Crippen MR) is 209 cm³/mol. The molecule has 0 spiro atoms. The van der Waals surface area contributed by atoms with E-state index in [1.165, 1.54) is 5.56 Å². The second-order valence-electron chi connectivity index (χ2n) is 13.2. The molecular weight excluding hydrogens is 629 g/mol. The van der Waals surface area contributed by atoms with E-state index in [2.05, 4.69) is 61.3 Å². The van der Waals surface area contributed by atoms with E-state index in [0.29, 0.717) is 11.4 Å². The van der Waals surface area contributed by atoms with E-state index in [9.17, 15) is 5.48 Å². The average Bonchev–Trinajstić information content (AvgIpc) is 3.98. The van der Waals surface area contributed by atoms with Gasteiger partial charge >= 0.3 is 0 Å². The van der Waals surface area contributed by atoms with E-state index in [1.54, 1.807) is 11.3 Å². The van der Waals surface area contributed by atoms with Crippen LogP contribution in [0.2, 0.25) is 0 Å². The number of anilines is 3. The summed E-state index contributed by atoms with van der Waals surface area (Å²) in [6.07, 6.45) is 0. The molecule has 2 aromatic heterocycles. The maximum Gasteiger partial charge on any atom is 0.227 e. The van der Waals surface area contributed by atoms with Crippen LogP contribution in [-0.4, -0.2) is 4.98 Å². The molecular formula is C46H30N2OS. The topological polar surface area (TPSA) is 29.3 Å². The van der Waals surface area contributed by atoms with E-state index in [0.717, 1.165) is 36.9 Å². The maximum atomic E-state index is 9.84. The minimum atomic E-state index is -0.578. The van der Waals surface area contributed by atoms with Crippen molar-refractivity contribution < 1.29 is 18.1 Å². The minimum Gasteiger partial charge on any atom is -0.435 e. The molecule has 4 heteroatoms. The van der Waals surface area contributed by atoms with Gasteiger partial charge in [0.2, 0.25) is 5.89 Å². The Morgan fingerprint density at radius 2 is 1.42 bits per heavy atom. The van der Waals surface area contributed by atoms with E-state index >= 15 is 0 Å². The number of hydrogen-bond acceptors (Lipinski definition) is 4. The van der Waals surface area contributed by atoms with Gasteiger partial charge < -0.3 is 9.32 Å². The fraction of sp³-hybridized carbons (Fsp3) is 0.0652. The highest BCUT2D eigenvalue weighted by molar-refractivity contribution is 7.25. The Kier molecular flexibility index (Phi) is 3.99. The number of hydrogen-bond donors (Lipinski definition) is 0. The van der Waals surface area contributed by atoms with Crippen molar-refractivity contribution in [3.8, 4) is 45.2 Å². The summed E-state index contributed by atoms with van der Waals surface area (Å²) in [4.78, 5) is 6.49. The molecule has 0 saturated carbocycles. The molecule has 0 aliphatic heterocycles. The Morgan fingerprint density at radius 1 is 0.640 bits per heavy atom. The van der Waals surface area contributed by atoms with E-state index in [4.69, 9.17) is 12.6 Å². The van der Waals surface area contributed by atoms with Gasteiger partial charge in [-0.25, -0.2) is 4.98 Å². The number of benzene rings is 7. The van der Waals surface area contributed by atoms with Crippen LogP contribution in [0.5, 0.6) is 0 Å². The molecule has 9 aromatic rings. The van der Waals surface area contributed by atoms with Gasteiger partial charge in [0, 0.05) is 64.4 Å². The lowest BCUT2D eigenvalue weighted by atomic mass is 9.82. The fourth-order valence-corrected chi connectivity index (χ4v) is 8.90. The lowest BCUT2D eigenvalue weighted by molar-refractivity contribution is 0.590. The Labute approximate surface area is 307 Å². The van der Waals surface area contributed by atoms with Gasteiger partial charge in [-0.3, -0.25) is 0 Å². The summed E-state index contributed by atoms with van der Waals surface area (Å²) in [5, 5.41) is 2.49. The van der Waals surface area contributed by atoms with Crippen LogP contribution >= 0.6 is 11.3 Å². The second kappa shape index (κ2) is 10.0. The van der Waals surface area contributed by atoms with Gasteiger partial charge in [0.1, 0.15) is 5.69 Å². The summed E-state index contributed by atoms with van der Waals surface area (Å²) in [5.41, 5.74) is 5.58. The van der Waals surface area contributed by atoms with Crippen molar-refractivity contribution >= 4 is 59.3 Å². The molecule has 7 aromatic carbocycles. The molecule has 50 heavy (non-hydrogen) atoms. The van der Waals surface area contributed by atoms with Crippen LogP contribution < -0.4 is 4.90 Å². The Hall–Kier alpha value is -5.97. The molecule has 3 nitrogen and oxygen atoms in total. The quantitative estimate of drug-likeness (QED) is 0.187. The lowest BCUT2D eigenvalue weighted by Crippen LogP contribution is -2.16. The molecule has 0 atom stereocenters. The third kappa shape index (κ3) is 3.77. The number of rotatable bonds is 4. The van der Waals surface area contributed by atoms with Crippen LogP contribution in [-0.2, 0) is 5.41 Å². The maximum absolute atomic E-state index is 9.84. The SMILES string of the molecule is [2H]c1c([2H])c([2H])c(-c2nc3c(o2)-c2c([2H])c([2H])c(N(c4ccc5c(c4)C(C)(C)c4ccccc4-5)c4ccc5sc6ccccc6c5c4)c4c([2H])c([2H])c([2H])c-3c24)c([2H])c1[2H]. The van der Waals surface area contributed by atoms with Crippen molar-refractivity contribution in [2.75, 3.05) is 4.90 Å². The minimum absolute atomic E-state index is 0.0323. The summed E-state index contributed by atoms with van der Waals surface area (Å²) in [5.74, 6) is -0.346. The summed E-state index contributed by atoms with van der Waals surface area (Å²) in [6.45, 7) is 4.37. The monoisotopic (exact) mass is 668 g/mol. The molecule has 2 aliphatic rings. The van der Waals surface area contributed by atoms with Gasteiger partial charge in [-0.2, -0.15) is 0 Å². The zero-order valence-corrected chi connectivity index (χ0v) is 27.6. The predicted octanol–water partition coefficient (Wildman–Crippen LogP) is 13.3. The highest BCUT2D eigenvalue weighted by Gasteiger charge is 2.36. The van der Waals surface area contributed by atoms with Gasteiger partial charge in [0.15, 0.2) is 5.76 Å². The van der Waals surface area contributed by atoms with Crippen LogP contribution in [0.1, 0.15) is 38.7 Å². The molecule has 0 amide bonds. The van der Waals surface area contributed by atoms with Crippen LogP contribution in [0.15, 0.2) is 150 Å². The van der Waals surface area contributed by atoms with Crippen LogP contribution in [0.3, 0.4) is 0 Å². The summed E-state index contributed by atoms with van der Waals surface area (Å²) in [6, 6.07) is 24.3. The van der Waals surface area contributed by atoms with Crippen molar-refractivity contribution in [1.29, 1.82) is 0 Å². The highest BCUT2D eigenvalue weighted by Crippen LogP contribution is 2.54. The fourth-order valence-electron chi connectivity index (χ4n) is 7.81. The second-order valence-corrected chi connectivity index (χ2v) is 14.3. The normalized spacial score (nSPS) is 16.4. The lowest BCUT2D eigenvalue weighted by Gasteiger charge is -2.29. The van der Waals surface area contributed by atoms with Gasteiger partial charge in [-0.15, -0.1) is 11.3 Å². The molecule has 2 heterocycles. The van der Waals surface area contributed by atoms with E-state index < -0.39 is 36.3 Å². The first-order valence-corrected chi connectivity index (χ1v) is 17.1. The zero-order chi connectivity index (χ0) is 41.8. The molecule has 0 radical (unpaired) electrons. The third-order valence-electron chi connectivity index (χ3n) is 10.1. The standard InChI is InChI=1S/C46H30N2OS/c1-46(2)37-17-8-6-13-30(37)31-21-19-29(26-38(31)46)48(28-20-24-41-36(25-28)32-14-7-9-18-40(32)50-41)39-23-22-35-42-33(39)15-10-16-34(42)43-44(35)49-45(47-43)27-11-4-3-5-12-27/h3-26H,1-2H3/i3D,4D,5D,10D,11D,12D,15D,16D,22D,23D. The van der Waals surface area contributed by atoms with Crippen LogP contribution in [0.25, 0.3) is 76.1 Å². The molecule has 236 valence electrons. The number of oxazole rings is 1. The molecule has 0 bridgehead atoms. The first-order chi connectivity index (χ1) is 28.7.